The molecular weight excluding hydrogens is 344 g/mol. The van der Waals surface area contributed by atoms with Crippen LogP contribution in [0.2, 0.25) is 5.15 Å². The molecule has 0 N–H and O–H groups in total. The topological polar surface area (TPSA) is 42.4 Å². The molecule has 1 unspecified atom stereocenters. The summed E-state index contributed by atoms with van der Waals surface area (Å²) in [6, 6.07) is 2.10. The smallest absolute Gasteiger partial charge is 0.257 e. The van der Waals surface area contributed by atoms with Gasteiger partial charge >= 0.3 is 0 Å². The Hall–Kier alpha value is -0.650. The molecule has 1 aliphatic carbocycles. The first kappa shape index (κ1) is 14.3. The third-order valence-corrected chi connectivity index (χ3v) is 4.50. The first-order valence-electron chi connectivity index (χ1n) is 6.89. The number of halogens is 2. The summed E-state index contributed by atoms with van der Waals surface area (Å²) in [6.45, 7) is 1.58. The maximum Gasteiger partial charge on any atom is 0.257 e. The minimum atomic E-state index is -0.0226. The molecule has 6 heteroatoms. The summed E-state index contributed by atoms with van der Waals surface area (Å²) in [6.07, 6.45) is 6.09. The van der Waals surface area contributed by atoms with Gasteiger partial charge < -0.3 is 9.64 Å². The van der Waals surface area contributed by atoms with Crippen molar-refractivity contribution in [1.82, 2.24) is 9.88 Å². The molecule has 1 atom stereocenters. The molecule has 0 radical (unpaired) electrons. The fourth-order valence-corrected chi connectivity index (χ4v) is 2.87. The summed E-state index contributed by atoms with van der Waals surface area (Å²) in [4.78, 5) is 18.6. The third-order valence-electron chi connectivity index (χ3n) is 3.77. The molecule has 0 spiro atoms. The minimum Gasteiger partial charge on any atom is -0.378 e. The highest BCUT2D eigenvalue weighted by molar-refractivity contribution is 9.10. The summed E-state index contributed by atoms with van der Waals surface area (Å²) in [7, 11) is 0. The Balaban J connectivity index is 1.72. The molecule has 0 bridgehead atoms. The second-order valence-corrected chi connectivity index (χ2v) is 6.57. The largest absolute Gasteiger partial charge is 0.378 e. The van der Waals surface area contributed by atoms with Crippen molar-refractivity contribution in [2.75, 3.05) is 13.2 Å². The fourth-order valence-electron chi connectivity index (χ4n) is 2.36. The Morgan fingerprint density at radius 2 is 2.25 bits per heavy atom. The van der Waals surface area contributed by atoms with Crippen molar-refractivity contribution in [2.45, 2.75) is 37.8 Å². The summed E-state index contributed by atoms with van der Waals surface area (Å²) >= 11 is 9.39. The molecule has 0 aromatic carbocycles. The van der Waals surface area contributed by atoms with Gasteiger partial charge in [-0.2, -0.15) is 0 Å². The van der Waals surface area contributed by atoms with Crippen LogP contribution in [0.15, 0.2) is 16.7 Å². The quantitative estimate of drug-likeness (QED) is 0.758. The van der Waals surface area contributed by atoms with Crippen LogP contribution in [0, 0.1) is 0 Å². The van der Waals surface area contributed by atoms with E-state index in [1.54, 1.807) is 12.3 Å². The van der Waals surface area contributed by atoms with E-state index in [9.17, 15) is 4.79 Å². The molecule has 1 amide bonds. The van der Waals surface area contributed by atoms with Crippen LogP contribution in [-0.2, 0) is 4.74 Å². The molecule has 1 aromatic rings. The summed E-state index contributed by atoms with van der Waals surface area (Å²) in [5.41, 5.74) is 0.475. The fraction of sp³-hybridized carbons (Fsp3) is 0.571. The minimum absolute atomic E-state index is 0.0226. The van der Waals surface area contributed by atoms with Gasteiger partial charge in [-0.25, -0.2) is 4.98 Å². The third kappa shape index (κ3) is 3.15. The van der Waals surface area contributed by atoms with Crippen LogP contribution in [0.25, 0.3) is 0 Å². The summed E-state index contributed by atoms with van der Waals surface area (Å²) < 4.78 is 6.19. The van der Waals surface area contributed by atoms with Crippen molar-refractivity contribution in [3.05, 3.63) is 27.5 Å². The zero-order valence-corrected chi connectivity index (χ0v) is 13.4. The predicted octanol–water partition coefficient (Wildman–Crippen LogP) is 3.28. The van der Waals surface area contributed by atoms with Crippen LogP contribution in [0.3, 0.4) is 0 Å². The lowest BCUT2D eigenvalue weighted by molar-refractivity contribution is -0.0575. The van der Waals surface area contributed by atoms with Crippen LogP contribution in [-0.4, -0.2) is 41.1 Å². The number of hydrogen-bond acceptors (Lipinski definition) is 3. The average molecular weight is 360 g/mol. The monoisotopic (exact) mass is 358 g/mol. The number of nitrogens with zero attached hydrogens (tertiary/aromatic N) is 2. The number of rotatable bonds is 5. The van der Waals surface area contributed by atoms with Gasteiger partial charge in [0.2, 0.25) is 0 Å². The van der Waals surface area contributed by atoms with Gasteiger partial charge in [-0.1, -0.05) is 11.6 Å². The van der Waals surface area contributed by atoms with Crippen molar-refractivity contribution in [2.24, 2.45) is 0 Å². The van der Waals surface area contributed by atoms with Crippen molar-refractivity contribution in [1.29, 1.82) is 0 Å². The van der Waals surface area contributed by atoms with Crippen LogP contribution in [0.5, 0.6) is 0 Å². The molecule has 1 saturated carbocycles. The van der Waals surface area contributed by atoms with Gasteiger partial charge in [0.25, 0.3) is 5.91 Å². The maximum absolute atomic E-state index is 12.7. The first-order chi connectivity index (χ1) is 9.65. The Morgan fingerprint density at radius 1 is 1.50 bits per heavy atom. The number of carbonyl (C=O) groups excluding carboxylic acids is 1. The van der Waals surface area contributed by atoms with E-state index >= 15 is 0 Å². The summed E-state index contributed by atoms with van der Waals surface area (Å²) in [5, 5.41) is 0.267. The van der Waals surface area contributed by atoms with Crippen LogP contribution in [0.4, 0.5) is 0 Å². The number of aromatic nitrogens is 1. The number of hydrogen-bond donors (Lipinski definition) is 0. The normalized spacial score (nSPS) is 21.4. The second kappa shape index (κ2) is 6.00. The van der Waals surface area contributed by atoms with Crippen LogP contribution in [0.1, 0.15) is 36.0 Å². The van der Waals surface area contributed by atoms with Crippen molar-refractivity contribution >= 4 is 33.4 Å². The Kier molecular flexibility index (Phi) is 4.29. The molecule has 4 nitrogen and oxygen atoms in total. The molecule has 1 aromatic heterocycles. The second-order valence-electron chi connectivity index (χ2n) is 5.29. The Labute approximate surface area is 131 Å². The van der Waals surface area contributed by atoms with Crippen molar-refractivity contribution < 1.29 is 9.53 Å². The van der Waals surface area contributed by atoms with E-state index in [-0.39, 0.29) is 11.1 Å². The highest BCUT2D eigenvalue weighted by atomic mass is 79.9. The Morgan fingerprint density at radius 3 is 2.85 bits per heavy atom. The van der Waals surface area contributed by atoms with Crippen LogP contribution < -0.4 is 0 Å². The summed E-state index contributed by atoms with van der Waals surface area (Å²) in [5.74, 6) is -0.0226. The van der Waals surface area contributed by atoms with Crippen LogP contribution >= 0.6 is 27.5 Å². The maximum atomic E-state index is 12.7. The van der Waals surface area contributed by atoms with Gasteiger partial charge in [-0.15, -0.1) is 0 Å². The zero-order valence-electron chi connectivity index (χ0n) is 11.0. The van der Waals surface area contributed by atoms with E-state index in [1.807, 2.05) is 4.90 Å². The lowest BCUT2D eigenvalue weighted by Gasteiger charge is -2.30. The molecule has 20 heavy (non-hydrogen) atoms. The van der Waals surface area contributed by atoms with E-state index < -0.39 is 0 Å². The molecule has 108 valence electrons. The molecule has 1 aliphatic heterocycles. The van der Waals surface area contributed by atoms with E-state index in [2.05, 4.69) is 20.9 Å². The highest BCUT2D eigenvalue weighted by Crippen LogP contribution is 2.31. The van der Waals surface area contributed by atoms with Crippen molar-refractivity contribution in [3.63, 3.8) is 0 Å². The Bertz CT molecular complexity index is 518. The van der Waals surface area contributed by atoms with Gasteiger partial charge in [-0.3, -0.25) is 4.79 Å². The van der Waals surface area contributed by atoms with Gasteiger partial charge in [-0.05, 0) is 47.7 Å². The van der Waals surface area contributed by atoms with Crippen molar-refractivity contribution in [3.8, 4) is 0 Å². The van der Waals surface area contributed by atoms with E-state index in [0.29, 0.717) is 17.7 Å². The molecular formula is C14H16BrClN2O2. The lowest BCUT2D eigenvalue weighted by Crippen LogP contribution is -2.38. The van der Waals surface area contributed by atoms with E-state index in [1.165, 1.54) is 0 Å². The van der Waals surface area contributed by atoms with Gasteiger partial charge in [0, 0.05) is 29.9 Å². The number of ether oxygens (including phenoxy) is 1. The molecule has 3 rings (SSSR count). The molecule has 2 heterocycles. The standard InChI is InChI=1S/C14H16BrClN2O2/c15-9-7-12(13(16)17-8-9)14(19)18(10-1-2-10)5-3-11-4-6-20-11/h7-8,10-11H,1-6H2. The predicted molar refractivity (Wildman–Crippen MR) is 80.0 cm³/mol. The SMILES string of the molecule is O=C(c1cc(Br)cnc1Cl)N(CCC1CCO1)C1CC1. The van der Waals surface area contributed by atoms with E-state index in [4.69, 9.17) is 16.3 Å². The lowest BCUT2D eigenvalue weighted by atomic mass is 10.1. The van der Waals surface area contributed by atoms with E-state index in [0.717, 1.165) is 43.3 Å². The number of pyridine rings is 1. The zero-order chi connectivity index (χ0) is 14.1. The number of carbonyl (C=O) groups is 1. The molecule has 1 saturated heterocycles. The number of amides is 1. The molecule has 2 aliphatic rings. The first-order valence-corrected chi connectivity index (χ1v) is 8.06. The average Bonchev–Trinajstić information content (AvgIpc) is 3.19. The van der Waals surface area contributed by atoms with Gasteiger partial charge in [0.1, 0.15) is 5.15 Å². The van der Waals surface area contributed by atoms with Gasteiger partial charge in [0.15, 0.2) is 0 Å². The van der Waals surface area contributed by atoms with Gasteiger partial charge in [0.05, 0.1) is 11.7 Å². The highest BCUT2D eigenvalue weighted by Gasteiger charge is 2.34. The molecule has 2 fully saturated rings.